The molecule has 1 saturated heterocycles. The summed E-state index contributed by atoms with van der Waals surface area (Å²) in [5.74, 6) is 0. The molecule has 19 heavy (non-hydrogen) atoms. The number of ether oxygens (including phenoxy) is 1. The minimum Gasteiger partial charge on any atom is -0.377 e. The molecule has 0 radical (unpaired) electrons. The Kier molecular flexibility index (Phi) is 4.96. The van der Waals surface area contributed by atoms with Crippen molar-refractivity contribution in [2.24, 2.45) is 5.73 Å². The number of nitrogens with zero attached hydrogens (tertiary/aromatic N) is 3. The quantitative estimate of drug-likeness (QED) is 0.849. The van der Waals surface area contributed by atoms with Crippen molar-refractivity contribution in [2.75, 3.05) is 26.7 Å². The second-order valence-corrected chi connectivity index (χ2v) is 5.65. The van der Waals surface area contributed by atoms with Crippen molar-refractivity contribution in [1.29, 1.82) is 0 Å². The van der Waals surface area contributed by atoms with Gasteiger partial charge in [0.25, 0.3) is 0 Å². The summed E-state index contributed by atoms with van der Waals surface area (Å²) >= 11 is 0. The second-order valence-electron chi connectivity index (χ2n) is 5.65. The Morgan fingerprint density at radius 3 is 2.95 bits per heavy atom. The Hall–Kier alpha value is -0.910. The summed E-state index contributed by atoms with van der Waals surface area (Å²) in [7, 11) is 2.12. The highest BCUT2D eigenvalue weighted by molar-refractivity contribution is 5.07. The van der Waals surface area contributed by atoms with Crippen LogP contribution in [0.1, 0.15) is 44.5 Å². The fourth-order valence-corrected chi connectivity index (χ4v) is 2.77. The normalized spacial score (nSPS) is 21.5. The lowest BCUT2D eigenvalue weighted by Crippen LogP contribution is -2.37. The Balaban J connectivity index is 2.07. The second kappa shape index (κ2) is 6.50. The molecule has 0 aliphatic carbocycles. The zero-order chi connectivity index (χ0) is 13.8. The van der Waals surface area contributed by atoms with E-state index in [4.69, 9.17) is 10.5 Å². The SMILES string of the molecule is CC(C)n1cncc1C(CN)N(C)CC1CCCO1. The predicted octanol–water partition coefficient (Wildman–Crippen LogP) is 1.57. The molecule has 1 aromatic rings. The molecule has 2 unspecified atom stereocenters. The molecule has 1 aromatic heterocycles. The van der Waals surface area contributed by atoms with Crippen LogP contribution in [-0.2, 0) is 4.74 Å². The van der Waals surface area contributed by atoms with Crippen molar-refractivity contribution in [3.05, 3.63) is 18.2 Å². The van der Waals surface area contributed by atoms with Gasteiger partial charge >= 0.3 is 0 Å². The van der Waals surface area contributed by atoms with Gasteiger partial charge in [0, 0.05) is 31.9 Å². The van der Waals surface area contributed by atoms with Crippen LogP contribution in [0.3, 0.4) is 0 Å². The van der Waals surface area contributed by atoms with E-state index in [2.05, 4.69) is 35.3 Å². The van der Waals surface area contributed by atoms with Gasteiger partial charge in [-0.3, -0.25) is 4.90 Å². The van der Waals surface area contributed by atoms with Crippen LogP contribution in [0.2, 0.25) is 0 Å². The van der Waals surface area contributed by atoms with Crippen LogP contribution in [0.5, 0.6) is 0 Å². The van der Waals surface area contributed by atoms with E-state index in [1.54, 1.807) is 0 Å². The number of nitrogens with two attached hydrogens (primary N) is 1. The van der Waals surface area contributed by atoms with E-state index in [-0.39, 0.29) is 6.04 Å². The molecule has 0 spiro atoms. The molecule has 1 aliphatic heterocycles. The van der Waals surface area contributed by atoms with Crippen molar-refractivity contribution in [3.63, 3.8) is 0 Å². The van der Waals surface area contributed by atoms with Gasteiger partial charge in [-0.25, -0.2) is 4.98 Å². The summed E-state index contributed by atoms with van der Waals surface area (Å²) < 4.78 is 7.91. The average Bonchev–Trinajstić information content (AvgIpc) is 3.00. The number of likely N-dealkylation sites (N-methyl/N-ethyl adjacent to an activating group) is 1. The summed E-state index contributed by atoms with van der Waals surface area (Å²) in [6.07, 6.45) is 6.52. The predicted molar refractivity (Wildman–Crippen MR) is 76.0 cm³/mol. The van der Waals surface area contributed by atoms with Crippen molar-refractivity contribution in [2.45, 2.75) is 44.9 Å². The highest BCUT2D eigenvalue weighted by Crippen LogP contribution is 2.23. The molecule has 2 rings (SSSR count). The minimum absolute atomic E-state index is 0.203. The summed E-state index contributed by atoms with van der Waals surface area (Å²) in [6.45, 7) is 6.76. The molecule has 5 heteroatoms. The number of aromatic nitrogens is 2. The molecule has 0 bridgehead atoms. The first kappa shape index (κ1) is 14.5. The third kappa shape index (κ3) is 3.35. The Bertz CT molecular complexity index is 385. The van der Waals surface area contributed by atoms with E-state index in [1.807, 2.05) is 12.5 Å². The Labute approximate surface area is 115 Å². The van der Waals surface area contributed by atoms with E-state index in [0.29, 0.717) is 18.7 Å². The first-order valence-electron chi connectivity index (χ1n) is 7.17. The smallest absolute Gasteiger partial charge is 0.0951 e. The molecule has 2 N–H and O–H groups in total. The maximum Gasteiger partial charge on any atom is 0.0951 e. The van der Waals surface area contributed by atoms with Crippen molar-refractivity contribution in [3.8, 4) is 0 Å². The van der Waals surface area contributed by atoms with Gasteiger partial charge in [0.1, 0.15) is 0 Å². The largest absolute Gasteiger partial charge is 0.377 e. The molecule has 0 aromatic carbocycles. The maximum absolute atomic E-state index is 5.98. The van der Waals surface area contributed by atoms with Gasteiger partial charge in [-0.15, -0.1) is 0 Å². The van der Waals surface area contributed by atoms with Crippen LogP contribution < -0.4 is 5.73 Å². The summed E-state index contributed by atoms with van der Waals surface area (Å²) in [6, 6.07) is 0.608. The van der Waals surface area contributed by atoms with Crippen LogP contribution in [0.15, 0.2) is 12.5 Å². The van der Waals surface area contributed by atoms with Crippen molar-refractivity contribution >= 4 is 0 Å². The molecule has 2 atom stereocenters. The summed E-state index contributed by atoms with van der Waals surface area (Å²) in [4.78, 5) is 6.57. The van der Waals surface area contributed by atoms with Gasteiger partial charge in [0.2, 0.25) is 0 Å². The van der Waals surface area contributed by atoms with E-state index >= 15 is 0 Å². The van der Waals surface area contributed by atoms with E-state index in [0.717, 1.165) is 19.6 Å². The minimum atomic E-state index is 0.203. The standard InChI is InChI=1S/C14H26N4O/c1-11(2)18-10-16-8-14(18)13(7-15)17(3)9-12-5-4-6-19-12/h8,10-13H,4-7,9,15H2,1-3H3. The van der Waals surface area contributed by atoms with E-state index < -0.39 is 0 Å². The lowest BCUT2D eigenvalue weighted by atomic mass is 10.1. The molecular weight excluding hydrogens is 240 g/mol. The zero-order valence-electron chi connectivity index (χ0n) is 12.2. The van der Waals surface area contributed by atoms with E-state index in [9.17, 15) is 0 Å². The lowest BCUT2D eigenvalue weighted by molar-refractivity contribution is 0.0676. The molecule has 1 aliphatic rings. The first-order chi connectivity index (χ1) is 9.13. The van der Waals surface area contributed by atoms with Gasteiger partial charge in [-0.05, 0) is 33.7 Å². The number of hydrogen-bond acceptors (Lipinski definition) is 4. The van der Waals surface area contributed by atoms with Crippen molar-refractivity contribution in [1.82, 2.24) is 14.5 Å². The van der Waals surface area contributed by atoms with Gasteiger partial charge in [0.05, 0.1) is 24.2 Å². The van der Waals surface area contributed by atoms with Gasteiger partial charge in [-0.2, -0.15) is 0 Å². The lowest BCUT2D eigenvalue weighted by Gasteiger charge is -2.30. The zero-order valence-corrected chi connectivity index (χ0v) is 12.2. The summed E-state index contributed by atoms with van der Waals surface area (Å²) in [5, 5.41) is 0. The van der Waals surface area contributed by atoms with Gasteiger partial charge < -0.3 is 15.0 Å². The van der Waals surface area contributed by atoms with Crippen LogP contribution in [0.4, 0.5) is 0 Å². The van der Waals surface area contributed by atoms with Crippen molar-refractivity contribution < 1.29 is 4.74 Å². The molecule has 1 fully saturated rings. The van der Waals surface area contributed by atoms with Gasteiger partial charge in [-0.1, -0.05) is 0 Å². The summed E-state index contributed by atoms with van der Waals surface area (Å²) in [5.41, 5.74) is 7.18. The molecule has 108 valence electrons. The first-order valence-corrected chi connectivity index (χ1v) is 7.17. The topological polar surface area (TPSA) is 56.3 Å². The van der Waals surface area contributed by atoms with Crippen LogP contribution in [0, 0.1) is 0 Å². The average molecular weight is 266 g/mol. The van der Waals surface area contributed by atoms with Crippen LogP contribution >= 0.6 is 0 Å². The molecule has 5 nitrogen and oxygen atoms in total. The third-order valence-electron chi connectivity index (χ3n) is 3.86. The van der Waals surface area contributed by atoms with Crippen LogP contribution in [0.25, 0.3) is 0 Å². The molecular formula is C14H26N4O. The fourth-order valence-electron chi connectivity index (χ4n) is 2.77. The van der Waals surface area contributed by atoms with E-state index in [1.165, 1.54) is 12.1 Å². The third-order valence-corrected chi connectivity index (χ3v) is 3.86. The number of hydrogen-bond donors (Lipinski definition) is 1. The molecule has 0 amide bonds. The molecule has 2 heterocycles. The Morgan fingerprint density at radius 1 is 1.58 bits per heavy atom. The van der Waals surface area contributed by atoms with Crippen LogP contribution in [-0.4, -0.2) is 47.3 Å². The monoisotopic (exact) mass is 266 g/mol. The highest BCUT2D eigenvalue weighted by Gasteiger charge is 2.24. The Morgan fingerprint density at radius 2 is 2.37 bits per heavy atom. The maximum atomic E-state index is 5.98. The number of rotatable bonds is 6. The molecule has 0 saturated carbocycles. The fraction of sp³-hybridized carbons (Fsp3) is 0.786. The highest BCUT2D eigenvalue weighted by atomic mass is 16.5. The number of imidazole rings is 1. The van der Waals surface area contributed by atoms with Gasteiger partial charge in [0.15, 0.2) is 0 Å².